The van der Waals surface area contributed by atoms with Crippen LogP contribution in [0.4, 0.5) is 8.78 Å². The van der Waals surface area contributed by atoms with E-state index in [1.165, 1.54) is 0 Å². The zero-order valence-corrected chi connectivity index (χ0v) is 11.3. The van der Waals surface area contributed by atoms with Crippen molar-refractivity contribution in [2.24, 2.45) is 11.3 Å². The summed E-state index contributed by atoms with van der Waals surface area (Å²) in [6.07, 6.45) is 0.219. The number of aliphatic carboxylic acids is 1. The minimum absolute atomic E-state index is 0.196. The normalized spacial score (nSPS) is 20.0. The van der Waals surface area contributed by atoms with E-state index in [4.69, 9.17) is 5.11 Å². The monoisotopic (exact) mass is 277 g/mol. The van der Waals surface area contributed by atoms with Crippen molar-refractivity contribution < 1.29 is 23.5 Å². The third-order valence-electron chi connectivity index (χ3n) is 3.72. The maximum absolute atomic E-state index is 12.9. The number of hydrogen-bond acceptors (Lipinski definition) is 2. The van der Waals surface area contributed by atoms with Crippen LogP contribution >= 0.6 is 0 Å². The van der Waals surface area contributed by atoms with Gasteiger partial charge in [0.25, 0.3) is 0 Å². The first kappa shape index (κ1) is 15.9. The molecule has 4 nitrogen and oxygen atoms in total. The van der Waals surface area contributed by atoms with Gasteiger partial charge in [-0.25, -0.2) is 8.78 Å². The van der Waals surface area contributed by atoms with Crippen molar-refractivity contribution in [1.82, 2.24) is 5.32 Å². The fourth-order valence-corrected chi connectivity index (χ4v) is 2.05. The molecule has 19 heavy (non-hydrogen) atoms. The van der Waals surface area contributed by atoms with Gasteiger partial charge in [-0.05, 0) is 33.1 Å². The number of halogens is 2. The van der Waals surface area contributed by atoms with E-state index in [0.717, 1.165) is 0 Å². The third kappa shape index (κ3) is 4.76. The van der Waals surface area contributed by atoms with Gasteiger partial charge in [-0.2, -0.15) is 0 Å². The maximum atomic E-state index is 12.9. The SMILES string of the molecule is CC(C)(CCNC(=O)C1CCC(F)(F)CC1)C(=O)O. The molecule has 0 spiro atoms. The molecule has 0 bridgehead atoms. The third-order valence-corrected chi connectivity index (χ3v) is 3.72. The number of alkyl halides is 2. The number of carboxylic acid groups (broad SMARTS) is 1. The van der Waals surface area contributed by atoms with Crippen LogP contribution in [0.2, 0.25) is 0 Å². The Morgan fingerprint density at radius 1 is 1.32 bits per heavy atom. The Kier molecular flexibility index (Phi) is 4.87. The number of carbonyl (C=O) groups is 2. The predicted octanol–water partition coefficient (Wildman–Crippen LogP) is 2.43. The molecule has 0 aromatic heterocycles. The molecule has 0 heterocycles. The molecule has 0 saturated heterocycles. The van der Waals surface area contributed by atoms with Gasteiger partial charge in [-0.3, -0.25) is 9.59 Å². The molecule has 110 valence electrons. The van der Waals surface area contributed by atoms with Gasteiger partial charge < -0.3 is 10.4 Å². The Labute approximate surface area is 111 Å². The molecule has 1 amide bonds. The lowest BCUT2D eigenvalue weighted by molar-refractivity contribution is -0.147. The summed E-state index contributed by atoms with van der Waals surface area (Å²) >= 11 is 0. The summed E-state index contributed by atoms with van der Waals surface area (Å²) in [6.45, 7) is 3.43. The first-order chi connectivity index (χ1) is 8.64. The highest BCUT2D eigenvalue weighted by Crippen LogP contribution is 2.36. The van der Waals surface area contributed by atoms with Gasteiger partial charge in [0, 0.05) is 25.3 Å². The Morgan fingerprint density at radius 2 is 1.84 bits per heavy atom. The molecule has 6 heteroatoms. The summed E-state index contributed by atoms with van der Waals surface area (Å²) in [5, 5.41) is 11.6. The lowest BCUT2D eigenvalue weighted by atomic mass is 9.86. The molecule has 0 aromatic carbocycles. The Hall–Kier alpha value is -1.20. The molecule has 1 aliphatic rings. The molecule has 0 aromatic rings. The van der Waals surface area contributed by atoms with Crippen LogP contribution in [0, 0.1) is 11.3 Å². The smallest absolute Gasteiger partial charge is 0.309 e. The summed E-state index contributed by atoms with van der Waals surface area (Å²) in [7, 11) is 0. The van der Waals surface area contributed by atoms with Crippen LogP contribution in [0.25, 0.3) is 0 Å². The van der Waals surface area contributed by atoms with Crippen LogP contribution in [0.1, 0.15) is 46.0 Å². The van der Waals surface area contributed by atoms with E-state index in [9.17, 15) is 18.4 Å². The molecule has 1 aliphatic carbocycles. The fourth-order valence-electron chi connectivity index (χ4n) is 2.05. The van der Waals surface area contributed by atoms with Gasteiger partial charge in [0.05, 0.1) is 5.41 Å². The summed E-state index contributed by atoms with van der Waals surface area (Å²) in [5.41, 5.74) is -0.896. The van der Waals surface area contributed by atoms with Crippen LogP contribution in [-0.2, 0) is 9.59 Å². The number of amides is 1. The van der Waals surface area contributed by atoms with E-state index in [0.29, 0.717) is 6.42 Å². The van der Waals surface area contributed by atoms with E-state index in [1.807, 2.05) is 0 Å². The van der Waals surface area contributed by atoms with Crippen molar-refractivity contribution in [3.05, 3.63) is 0 Å². The van der Waals surface area contributed by atoms with Crippen LogP contribution in [0.15, 0.2) is 0 Å². The average molecular weight is 277 g/mol. The zero-order chi connectivity index (χ0) is 14.7. The Bertz CT molecular complexity index is 346. The minimum atomic E-state index is -2.64. The molecule has 0 unspecified atom stereocenters. The molecule has 2 N–H and O–H groups in total. The number of rotatable bonds is 5. The summed E-state index contributed by atoms with van der Waals surface area (Å²) < 4.78 is 25.9. The van der Waals surface area contributed by atoms with Crippen molar-refractivity contribution in [2.45, 2.75) is 51.9 Å². The highest BCUT2D eigenvalue weighted by Gasteiger charge is 2.37. The first-order valence-corrected chi connectivity index (χ1v) is 6.53. The van der Waals surface area contributed by atoms with E-state index >= 15 is 0 Å². The number of hydrogen-bond donors (Lipinski definition) is 2. The number of carbonyl (C=O) groups excluding carboxylic acids is 1. The average Bonchev–Trinajstić information content (AvgIpc) is 2.28. The summed E-state index contributed by atoms with van der Waals surface area (Å²) in [6, 6.07) is 0. The highest BCUT2D eigenvalue weighted by molar-refractivity contribution is 5.79. The van der Waals surface area contributed by atoms with Crippen molar-refractivity contribution in [2.75, 3.05) is 6.54 Å². The molecular formula is C13H21F2NO3. The second-order valence-electron chi connectivity index (χ2n) is 5.86. The minimum Gasteiger partial charge on any atom is -0.481 e. The molecular weight excluding hydrogens is 256 g/mol. The number of carboxylic acids is 1. The van der Waals surface area contributed by atoms with Crippen molar-refractivity contribution in [3.63, 3.8) is 0 Å². The van der Waals surface area contributed by atoms with Crippen LogP contribution in [0.3, 0.4) is 0 Å². The van der Waals surface area contributed by atoms with E-state index in [1.54, 1.807) is 13.8 Å². The van der Waals surface area contributed by atoms with Crippen LogP contribution < -0.4 is 5.32 Å². The molecule has 1 saturated carbocycles. The molecule has 0 atom stereocenters. The van der Waals surface area contributed by atoms with Gasteiger partial charge in [0.1, 0.15) is 0 Å². The van der Waals surface area contributed by atoms with Crippen LogP contribution in [-0.4, -0.2) is 29.5 Å². The number of nitrogens with one attached hydrogen (secondary N) is 1. The topological polar surface area (TPSA) is 66.4 Å². The summed E-state index contributed by atoms with van der Waals surface area (Å²) in [5.74, 6) is -4.16. The molecule has 0 aliphatic heterocycles. The quantitative estimate of drug-likeness (QED) is 0.811. The van der Waals surface area contributed by atoms with E-state index in [-0.39, 0.29) is 44.1 Å². The largest absolute Gasteiger partial charge is 0.481 e. The Morgan fingerprint density at radius 3 is 2.32 bits per heavy atom. The summed E-state index contributed by atoms with van der Waals surface area (Å²) in [4.78, 5) is 22.6. The van der Waals surface area contributed by atoms with Crippen molar-refractivity contribution >= 4 is 11.9 Å². The second kappa shape index (κ2) is 5.84. The van der Waals surface area contributed by atoms with Crippen molar-refractivity contribution in [3.8, 4) is 0 Å². The zero-order valence-electron chi connectivity index (χ0n) is 11.3. The van der Waals surface area contributed by atoms with Gasteiger partial charge in [-0.15, -0.1) is 0 Å². The second-order valence-corrected chi connectivity index (χ2v) is 5.86. The van der Waals surface area contributed by atoms with Crippen LogP contribution in [0.5, 0.6) is 0 Å². The predicted molar refractivity (Wildman–Crippen MR) is 65.9 cm³/mol. The van der Waals surface area contributed by atoms with Gasteiger partial charge >= 0.3 is 5.97 Å². The lowest BCUT2D eigenvalue weighted by Gasteiger charge is -2.27. The van der Waals surface area contributed by atoms with Crippen molar-refractivity contribution in [1.29, 1.82) is 0 Å². The standard InChI is InChI=1S/C13H21F2NO3/c1-12(2,11(18)19)7-8-16-10(17)9-3-5-13(14,15)6-4-9/h9H,3-8H2,1-2H3,(H,16,17)(H,18,19). The van der Waals surface area contributed by atoms with Gasteiger partial charge in [-0.1, -0.05) is 0 Å². The highest BCUT2D eigenvalue weighted by atomic mass is 19.3. The molecule has 1 fully saturated rings. The molecule has 0 radical (unpaired) electrons. The van der Waals surface area contributed by atoms with E-state index < -0.39 is 17.3 Å². The van der Waals surface area contributed by atoms with E-state index in [2.05, 4.69) is 5.32 Å². The van der Waals surface area contributed by atoms with Gasteiger partial charge in [0.2, 0.25) is 11.8 Å². The molecule has 1 rings (SSSR count). The maximum Gasteiger partial charge on any atom is 0.309 e. The van der Waals surface area contributed by atoms with Gasteiger partial charge in [0.15, 0.2) is 0 Å². The first-order valence-electron chi connectivity index (χ1n) is 6.53. The lowest BCUT2D eigenvalue weighted by Crippen LogP contribution is -2.38. The Balaban J connectivity index is 2.31. The fraction of sp³-hybridized carbons (Fsp3) is 0.846.